The molecule has 3 aromatic heterocycles. The summed E-state index contributed by atoms with van der Waals surface area (Å²) >= 11 is 1.58. The van der Waals surface area contributed by atoms with Gasteiger partial charge in [0.2, 0.25) is 5.95 Å². The van der Waals surface area contributed by atoms with E-state index >= 15 is 0 Å². The van der Waals surface area contributed by atoms with Crippen molar-refractivity contribution in [3.8, 4) is 0 Å². The van der Waals surface area contributed by atoms with E-state index in [2.05, 4.69) is 25.2 Å². The summed E-state index contributed by atoms with van der Waals surface area (Å²) < 4.78 is 0. The minimum absolute atomic E-state index is 0.269. The van der Waals surface area contributed by atoms with E-state index in [1.54, 1.807) is 23.7 Å². The van der Waals surface area contributed by atoms with Crippen molar-refractivity contribution < 1.29 is 0 Å². The number of hydrogen-bond acceptors (Lipinski definition) is 8. The zero-order valence-corrected chi connectivity index (χ0v) is 15.7. The second kappa shape index (κ2) is 7.33. The molecule has 1 N–H and O–H groups in total. The van der Waals surface area contributed by atoms with E-state index in [9.17, 15) is 0 Å². The second-order valence-electron chi connectivity index (χ2n) is 6.51. The van der Waals surface area contributed by atoms with Crippen molar-refractivity contribution in [1.82, 2.24) is 24.9 Å². The third kappa shape index (κ3) is 3.80. The van der Waals surface area contributed by atoms with Crippen LogP contribution in [0.2, 0.25) is 0 Å². The second-order valence-corrected chi connectivity index (χ2v) is 7.36. The summed E-state index contributed by atoms with van der Waals surface area (Å²) in [5.41, 5.74) is 1.97. The number of nitrogens with one attached hydrogen (secondary N) is 1. The van der Waals surface area contributed by atoms with Crippen molar-refractivity contribution in [2.24, 2.45) is 0 Å². The standard InChI is InChI=1S/C18H21N7S/c1-12-9-15(24-18-22-13(2)11-26-18)23-16(21-12)14-5-3-8-25(10-14)17-19-6-4-7-20-17/h4,6-7,9,11,14H,3,5,8,10H2,1-2H3,(H,21,22,23,24)/t14-/m1/s1. The molecule has 0 radical (unpaired) electrons. The Morgan fingerprint density at radius 1 is 1.12 bits per heavy atom. The fourth-order valence-corrected chi connectivity index (χ4v) is 3.88. The number of aryl methyl sites for hydroxylation is 2. The van der Waals surface area contributed by atoms with Gasteiger partial charge in [-0.15, -0.1) is 11.3 Å². The quantitative estimate of drug-likeness (QED) is 0.756. The molecule has 0 unspecified atom stereocenters. The highest BCUT2D eigenvalue weighted by Gasteiger charge is 2.25. The average molecular weight is 367 g/mol. The largest absolute Gasteiger partial charge is 0.340 e. The molecule has 7 nitrogen and oxygen atoms in total. The van der Waals surface area contributed by atoms with Crippen molar-refractivity contribution in [3.05, 3.63) is 47.1 Å². The number of hydrogen-bond donors (Lipinski definition) is 1. The van der Waals surface area contributed by atoms with Crippen LogP contribution in [0, 0.1) is 13.8 Å². The number of aromatic nitrogens is 5. The van der Waals surface area contributed by atoms with Crippen molar-refractivity contribution in [2.75, 3.05) is 23.3 Å². The molecule has 0 aliphatic carbocycles. The monoisotopic (exact) mass is 367 g/mol. The number of anilines is 3. The first kappa shape index (κ1) is 16.8. The topological polar surface area (TPSA) is 79.7 Å². The SMILES string of the molecule is Cc1cc(Nc2nc(C)cs2)nc([C@@H]2CCCN(c3ncccn3)C2)n1. The number of piperidine rings is 1. The highest BCUT2D eigenvalue weighted by Crippen LogP contribution is 2.28. The summed E-state index contributed by atoms with van der Waals surface area (Å²) in [4.78, 5) is 24.9. The first-order chi connectivity index (χ1) is 12.7. The lowest BCUT2D eigenvalue weighted by Crippen LogP contribution is -2.36. The van der Waals surface area contributed by atoms with Gasteiger partial charge in [0.05, 0.1) is 5.69 Å². The van der Waals surface area contributed by atoms with Gasteiger partial charge in [0.1, 0.15) is 11.6 Å². The van der Waals surface area contributed by atoms with Crippen LogP contribution in [0.5, 0.6) is 0 Å². The van der Waals surface area contributed by atoms with Gasteiger partial charge in [0.15, 0.2) is 5.13 Å². The maximum atomic E-state index is 4.77. The summed E-state index contributed by atoms with van der Waals surface area (Å²) in [6.07, 6.45) is 5.72. The molecule has 0 amide bonds. The van der Waals surface area contributed by atoms with Crippen LogP contribution in [0.25, 0.3) is 0 Å². The van der Waals surface area contributed by atoms with Crippen molar-refractivity contribution in [2.45, 2.75) is 32.6 Å². The fraction of sp³-hybridized carbons (Fsp3) is 0.389. The Labute approximate surface area is 156 Å². The van der Waals surface area contributed by atoms with Crippen LogP contribution in [0.3, 0.4) is 0 Å². The summed E-state index contributed by atoms with van der Waals surface area (Å²) in [7, 11) is 0. The van der Waals surface area contributed by atoms with Crippen LogP contribution in [-0.2, 0) is 0 Å². The third-order valence-corrected chi connectivity index (χ3v) is 5.22. The summed E-state index contributed by atoms with van der Waals surface area (Å²) in [5.74, 6) is 2.73. The molecule has 0 aromatic carbocycles. The number of rotatable bonds is 4. The number of thiazole rings is 1. The predicted molar refractivity (Wildman–Crippen MR) is 103 cm³/mol. The Balaban J connectivity index is 1.54. The molecule has 1 aliphatic heterocycles. The average Bonchev–Trinajstić information content (AvgIpc) is 3.07. The van der Waals surface area contributed by atoms with Gasteiger partial charge in [0, 0.05) is 48.5 Å². The van der Waals surface area contributed by atoms with Gasteiger partial charge in [-0.05, 0) is 32.8 Å². The molecule has 1 fully saturated rings. The Morgan fingerprint density at radius 2 is 1.96 bits per heavy atom. The van der Waals surface area contributed by atoms with Crippen LogP contribution >= 0.6 is 11.3 Å². The van der Waals surface area contributed by atoms with E-state index in [-0.39, 0.29) is 5.92 Å². The normalized spacial score (nSPS) is 17.3. The molecule has 4 rings (SSSR count). The zero-order valence-electron chi connectivity index (χ0n) is 14.9. The molecule has 1 aliphatic rings. The van der Waals surface area contributed by atoms with Gasteiger partial charge in [-0.2, -0.15) is 0 Å². The van der Waals surface area contributed by atoms with E-state index in [0.29, 0.717) is 0 Å². The Bertz CT molecular complexity index is 880. The van der Waals surface area contributed by atoms with Gasteiger partial charge >= 0.3 is 0 Å². The summed E-state index contributed by atoms with van der Waals surface area (Å²) in [5, 5.41) is 6.19. The number of nitrogens with zero attached hydrogens (tertiary/aromatic N) is 6. The van der Waals surface area contributed by atoms with Crippen LogP contribution < -0.4 is 10.2 Å². The molecule has 0 bridgehead atoms. The lowest BCUT2D eigenvalue weighted by Gasteiger charge is -2.32. The molecular weight excluding hydrogens is 346 g/mol. The van der Waals surface area contributed by atoms with Crippen molar-refractivity contribution >= 4 is 28.2 Å². The van der Waals surface area contributed by atoms with E-state index in [1.165, 1.54) is 0 Å². The van der Waals surface area contributed by atoms with Gasteiger partial charge in [-0.3, -0.25) is 0 Å². The first-order valence-corrected chi connectivity index (χ1v) is 9.62. The Kier molecular flexibility index (Phi) is 4.75. The van der Waals surface area contributed by atoms with Crippen LogP contribution in [0.4, 0.5) is 16.9 Å². The van der Waals surface area contributed by atoms with Gasteiger partial charge in [-0.1, -0.05) is 0 Å². The van der Waals surface area contributed by atoms with E-state index < -0.39 is 0 Å². The van der Waals surface area contributed by atoms with Gasteiger partial charge < -0.3 is 10.2 Å². The maximum Gasteiger partial charge on any atom is 0.225 e. The molecule has 3 aromatic rings. The lowest BCUT2D eigenvalue weighted by molar-refractivity contribution is 0.485. The molecule has 0 saturated carbocycles. The van der Waals surface area contributed by atoms with Crippen LogP contribution in [0.15, 0.2) is 29.9 Å². The van der Waals surface area contributed by atoms with Gasteiger partial charge in [-0.25, -0.2) is 24.9 Å². The minimum atomic E-state index is 0.269. The summed E-state index contributed by atoms with van der Waals surface area (Å²) in [6, 6.07) is 3.80. The summed E-state index contributed by atoms with van der Waals surface area (Å²) in [6.45, 7) is 5.80. The van der Waals surface area contributed by atoms with Crippen molar-refractivity contribution in [1.29, 1.82) is 0 Å². The highest BCUT2D eigenvalue weighted by molar-refractivity contribution is 7.13. The van der Waals surface area contributed by atoms with E-state index in [4.69, 9.17) is 9.97 Å². The molecule has 134 valence electrons. The van der Waals surface area contributed by atoms with Gasteiger partial charge in [0.25, 0.3) is 0 Å². The third-order valence-electron chi connectivity index (χ3n) is 4.35. The maximum absolute atomic E-state index is 4.77. The Morgan fingerprint density at radius 3 is 2.73 bits per heavy atom. The van der Waals surface area contributed by atoms with Crippen LogP contribution in [0.1, 0.15) is 36.0 Å². The molecule has 4 heterocycles. The van der Waals surface area contributed by atoms with Crippen LogP contribution in [-0.4, -0.2) is 38.0 Å². The Hall–Kier alpha value is -2.61. The van der Waals surface area contributed by atoms with E-state index in [1.807, 2.05) is 31.4 Å². The molecule has 26 heavy (non-hydrogen) atoms. The highest BCUT2D eigenvalue weighted by atomic mass is 32.1. The minimum Gasteiger partial charge on any atom is -0.340 e. The molecule has 0 spiro atoms. The fourth-order valence-electron chi connectivity index (χ4n) is 3.18. The smallest absolute Gasteiger partial charge is 0.225 e. The molecule has 1 atom stereocenters. The zero-order chi connectivity index (χ0) is 17.9. The van der Waals surface area contributed by atoms with Crippen molar-refractivity contribution in [3.63, 3.8) is 0 Å². The predicted octanol–water partition coefficient (Wildman–Crippen LogP) is 3.47. The first-order valence-electron chi connectivity index (χ1n) is 8.74. The lowest BCUT2D eigenvalue weighted by atomic mass is 9.97. The molecular formula is C18H21N7S. The molecule has 8 heteroatoms. The molecule has 1 saturated heterocycles. The van der Waals surface area contributed by atoms with E-state index in [0.717, 1.165) is 60.0 Å².